The lowest BCUT2D eigenvalue weighted by Gasteiger charge is -2.13. The van der Waals surface area contributed by atoms with Gasteiger partial charge in [-0.2, -0.15) is 0 Å². The van der Waals surface area contributed by atoms with Gasteiger partial charge in [-0.25, -0.2) is 0 Å². The fourth-order valence-electron chi connectivity index (χ4n) is 3.46. The second-order valence-corrected chi connectivity index (χ2v) is 6.20. The van der Waals surface area contributed by atoms with Crippen LogP contribution in [0.2, 0.25) is 0 Å². The van der Waals surface area contributed by atoms with Crippen LogP contribution in [0.1, 0.15) is 25.3 Å². The molecule has 0 aliphatic heterocycles. The molecule has 0 aromatic heterocycles. The third kappa shape index (κ3) is 1.79. The van der Waals surface area contributed by atoms with Gasteiger partial charge in [-0.15, -0.1) is 0 Å². The Balaban J connectivity index is 2.24. The van der Waals surface area contributed by atoms with Crippen LogP contribution in [0.25, 0.3) is 32.3 Å². The molecule has 4 rings (SSSR count). The summed E-state index contributed by atoms with van der Waals surface area (Å²) in [6.07, 6.45) is 0. The first kappa shape index (κ1) is 13.1. The molecule has 0 bridgehead atoms. The van der Waals surface area contributed by atoms with Crippen LogP contribution >= 0.6 is 0 Å². The van der Waals surface area contributed by atoms with E-state index in [0.29, 0.717) is 11.7 Å². The first-order valence-electron chi connectivity index (χ1n) is 7.73. The molecule has 0 saturated carbocycles. The lowest BCUT2D eigenvalue weighted by atomic mass is 9.91. The van der Waals surface area contributed by atoms with E-state index < -0.39 is 0 Å². The van der Waals surface area contributed by atoms with Crippen molar-refractivity contribution in [2.75, 3.05) is 0 Å². The van der Waals surface area contributed by atoms with E-state index in [1.54, 1.807) is 0 Å². The summed E-state index contributed by atoms with van der Waals surface area (Å²) < 4.78 is 0. The standard InChI is InChI=1S/C21H18O/c1-13(2)14-8-5-9-16-17(14)10-11-18-15-6-3-4-7-19(15)21(22)12-20(16)18/h3-13,22H,1-2H3. The van der Waals surface area contributed by atoms with Crippen LogP contribution in [0.15, 0.2) is 60.7 Å². The molecular formula is C21H18O. The molecule has 4 aromatic carbocycles. The minimum atomic E-state index is 0.352. The van der Waals surface area contributed by atoms with Gasteiger partial charge in [-0.1, -0.05) is 68.4 Å². The van der Waals surface area contributed by atoms with Gasteiger partial charge in [0.15, 0.2) is 0 Å². The molecule has 22 heavy (non-hydrogen) atoms. The minimum absolute atomic E-state index is 0.352. The molecular weight excluding hydrogens is 268 g/mol. The number of phenolic OH excluding ortho intramolecular Hbond substituents is 1. The monoisotopic (exact) mass is 286 g/mol. The van der Waals surface area contributed by atoms with Gasteiger partial charge in [-0.3, -0.25) is 0 Å². The van der Waals surface area contributed by atoms with E-state index in [1.165, 1.54) is 21.7 Å². The van der Waals surface area contributed by atoms with Crippen molar-refractivity contribution in [1.82, 2.24) is 0 Å². The lowest BCUT2D eigenvalue weighted by Crippen LogP contribution is -1.90. The van der Waals surface area contributed by atoms with Crippen molar-refractivity contribution in [2.24, 2.45) is 0 Å². The Kier molecular flexibility index (Phi) is 2.83. The third-order valence-electron chi connectivity index (χ3n) is 4.53. The highest BCUT2D eigenvalue weighted by molar-refractivity contribution is 6.19. The zero-order chi connectivity index (χ0) is 15.3. The van der Waals surface area contributed by atoms with E-state index in [0.717, 1.165) is 16.2 Å². The number of phenols is 1. The summed E-state index contributed by atoms with van der Waals surface area (Å²) in [5.41, 5.74) is 1.35. The molecule has 4 aromatic rings. The molecule has 0 fully saturated rings. The quantitative estimate of drug-likeness (QED) is 0.427. The van der Waals surface area contributed by atoms with Crippen molar-refractivity contribution >= 4 is 32.3 Å². The summed E-state index contributed by atoms with van der Waals surface area (Å²) in [4.78, 5) is 0. The number of hydrogen-bond donors (Lipinski definition) is 1. The maximum Gasteiger partial charge on any atom is 0.124 e. The molecule has 1 nitrogen and oxygen atoms in total. The molecule has 1 N–H and O–H groups in total. The van der Waals surface area contributed by atoms with Crippen LogP contribution in [0.3, 0.4) is 0 Å². The Morgan fingerprint density at radius 1 is 0.636 bits per heavy atom. The largest absolute Gasteiger partial charge is 0.507 e. The number of rotatable bonds is 1. The SMILES string of the molecule is CC(C)c1cccc2c1ccc1c3ccccc3c(O)cc21. The second kappa shape index (κ2) is 4.74. The van der Waals surface area contributed by atoms with Crippen molar-refractivity contribution in [2.45, 2.75) is 19.8 Å². The highest BCUT2D eigenvalue weighted by Crippen LogP contribution is 2.38. The minimum Gasteiger partial charge on any atom is -0.507 e. The van der Waals surface area contributed by atoms with Crippen LogP contribution in [0, 0.1) is 0 Å². The Labute approximate surface area is 129 Å². The smallest absolute Gasteiger partial charge is 0.124 e. The molecule has 0 aliphatic rings. The van der Waals surface area contributed by atoms with Gasteiger partial charge in [0.2, 0.25) is 0 Å². The van der Waals surface area contributed by atoms with Crippen LogP contribution < -0.4 is 0 Å². The number of aromatic hydroxyl groups is 1. The summed E-state index contributed by atoms with van der Waals surface area (Å²) >= 11 is 0. The molecule has 0 radical (unpaired) electrons. The maximum atomic E-state index is 10.4. The lowest BCUT2D eigenvalue weighted by molar-refractivity contribution is 0.482. The van der Waals surface area contributed by atoms with Crippen molar-refractivity contribution < 1.29 is 5.11 Å². The van der Waals surface area contributed by atoms with Gasteiger partial charge >= 0.3 is 0 Å². The number of hydrogen-bond acceptors (Lipinski definition) is 1. The van der Waals surface area contributed by atoms with Crippen molar-refractivity contribution in [3.8, 4) is 5.75 Å². The molecule has 0 heterocycles. The van der Waals surface area contributed by atoms with Gasteiger partial charge in [0, 0.05) is 5.39 Å². The first-order valence-corrected chi connectivity index (χ1v) is 7.73. The molecule has 0 atom stereocenters. The van der Waals surface area contributed by atoms with E-state index >= 15 is 0 Å². The van der Waals surface area contributed by atoms with Crippen molar-refractivity contribution in [3.05, 3.63) is 66.2 Å². The van der Waals surface area contributed by atoms with Gasteiger partial charge in [0.25, 0.3) is 0 Å². The fraction of sp³-hybridized carbons (Fsp3) is 0.143. The second-order valence-electron chi connectivity index (χ2n) is 6.20. The maximum absolute atomic E-state index is 10.4. The van der Waals surface area contributed by atoms with Gasteiger partial charge in [0.1, 0.15) is 5.75 Å². The van der Waals surface area contributed by atoms with Crippen LogP contribution in [-0.4, -0.2) is 5.11 Å². The average Bonchev–Trinajstić information content (AvgIpc) is 2.54. The normalized spacial score (nSPS) is 11.8. The van der Waals surface area contributed by atoms with E-state index in [9.17, 15) is 5.11 Å². The van der Waals surface area contributed by atoms with Crippen molar-refractivity contribution in [3.63, 3.8) is 0 Å². The summed E-state index contributed by atoms with van der Waals surface area (Å²) in [7, 11) is 0. The predicted octanol–water partition coefficient (Wildman–Crippen LogP) is 5.98. The zero-order valence-corrected chi connectivity index (χ0v) is 12.8. The first-order chi connectivity index (χ1) is 10.7. The molecule has 0 spiro atoms. The molecule has 0 saturated heterocycles. The van der Waals surface area contributed by atoms with Crippen LogP contribution in [0.5, 0.6) is 5.75 Å². The zero-order valence-electron chi connectivity index (χ0n) is 12.8. The summed E-state index contributed by atoms with van der Waals surface area (Å²) in [6, 6.07) is 20.8. The van der Waals surface area contributed by atoms with E-state index in [1.807, 2.05) is 24.3 Å². The van der Waals surface area contributed by atoms with Gasteiger partial charge in [0.05, 0.1) is 0 Å². The average molecular weight is 286 g/mol. The summed E-state index contributed by atoms with van der Waals surface area (Å²) in [5.74, 6) is 0.834. The van der Waals surface area contributed by atoms with E-state index in [2.05, 4.69) is 50.2 Å². The Morgan fingerprint density at radius 3 is 2.00 bits per heavy atom. The molecule has 0 unspecified atom stereocenters. The predicted molar refractivity (Wildman–Crippen MR) is 94.7 cm³/mol. The Morgan fingerprint density at radius 2 is 1.23 bits per heavy atom. The summed E-state index contributed by atoms with van der Waals surface area (Å²) in [6.45, 7) is 4.44. The highest BCUT2D eigenvalue weighted by atomic mass is 16.3. The number of benzene rings is 4. The van der Waals surface area contributed by atoms with Crippen molar-refractivity contribution in [1.29, 1.82) is 0 Å². The van der Waals surface area contributed by atoms with Crippen LogP contribution in [-0.2, 0) is 0 Å². The van der Waals surface area contributed by atoms with Gasteiger partial charge in [-0.05, 0) is 44.5 Å². The molecule has 108 valence electrons. The molecule has 1 heteroatoms. The Bertz CT molecular complexity index is 1010. The van der Waals surface area contributed by atoms with Gasteiger partial charge < -0.3 is 5.11 Å². The molecule has 0 amide bonds. The van der Waals surface area contributed by atoms with E-state index in [-0.39, 0.29) is 0 Å². The third-order valence-corrected chi connectivity index (χ3v) is 4.53. The van der Waals surface area contributed by atoms with Crippen LogP contribution in [0.4, 0.5) is 0 Å². The van der Waals surface area contributed by atoms with E-state index in [4.69, 9.17) is 0 Å². The topological polar surface area (TPSA) is 20.2 Å². The molecule has 0 aliphatic carbocycles. The fourth-order valence-corrected chi connectivity index (χ4v) is 3.46. The highest BCUT2D eigenvalue weighted by Gasteiger charge is 2.11. The number of fused-ring (bicyclic) bond motifs is 5. The Hall–Kier alpha value is -2.54. The summed E-state index contributed by atoms with van der Waals surface area (Å²) in [5, 5.41) is 17.2.